The van der Waals surface area contributed by atoms with Crippen molar-refractivity contribution >= 4 is 29.9 Å². The molecule has 2 N–H and O–H groups in total. The minimum absolute atomic E-state index is 0. The van der Waals surface area contributed by atoms with Crippen molar-refractivity contribution in [1.29, 1.82) is 0 Å². The summed E-state index contributed by atoms with van der Waals surface area (Å²) in [7, 11) is 1.80. The monoisotopic (exact) mass is 471 g/mol. The normalized spacial score (nSPS) is 15.9. The largest absolute Gasteiger partial charge is 0.381 e. The average Bonchev–Trinajstić information content (AvgIpc) is 2.59. The van der Waals surface area contributed by atoms with Crippen molar-refractivity contribution in [2.24, 2.45) is 16.8 Å². The first kappa shape index (κ1) is 24.9. The molecule has 0 aromatic carbocycles. The minimum atomic E-state index is 0. The Kier molecular flexibility index (Phi) is 17.2. The minimum Gasteiger partial charge on any atom is -0.381 e. The van der Waals surface area contributed by atoms with E-state index >= 15 is 0 Å². The Labute approximate surface area is 170 Å². The lowest BCUT2D eigenvalue weighted by Gasteiger charge is -2.21. The Morgan fingerprint density at radius 1 is 1.08 bits per heavy atom. The van der Waals surface area contributed by atoms with Crippen molar-refractivity contribution in [3.63, 3.8) is 0 Å². The van der Waals surface area contributed by atoms with Gasteiger partial charge in [-0.3, -0.25) is 4.99 Å². The van der Waals surface area contributed by atoms with Gasteiger partial charge in [-0.15, -0.1) is 24.0 Å². The van der Waals surface area contributed by atoms with Gasteiger partial charge in [0, 0.05) is 59.8 Å². The smallest absolute Gasteiger partial charge is 0.190 e. The molecule has 0 atom stereocenters. The van der Waals surface area contributed by atoms with E-state index in [1.807, 2.05) is 0 Å². The number of nitrogens with one attached hydrogen (secondary N) is 2. The molecule has 1 aliphatic rings. The van der Waals surface area contributed by atoms with Gasteiger partial charge >= 0.3 is 0 Å². The molecule has 1 rings (SSSR count). The molecule has 0 saturated carbocycles. The third-order valence-corrected chi connectivity index (χ3v) is 3.89. The lowest BCUT2D eigenvalue weighted by atomic mass is 10.0. The molecule has 0 spiro atoms. The van der Waals surface area contributed by atoms with Gasteiger partial charge in [-0.2, -0.15) is 0 Å². The highest BCUT2D eigenvalue weighted by molar-refractivity contribution is 14.0. The van der Waals surface area contributed by atoms with Crippen LogP contribution in [0.15, 0.2) is 4.99 Å². The number of hydrogen-bond donors (Lipinski definition) is 2. The predicted octanol–water partition coefficient (Wildman–Crippen LogP) is 2.67. The summed E-state index contributed by atoms with van der Waals surface area (Å²) in [6.45, 7) is 11.1. The molecule has 0 bridgehead atoms. The maximum absolute atomic E-state index is 5.76. The van der Waals surface area contributed by atoms with Gasteiger partial charge in [0.05, 0.1) is 0 Å². The van der Waals surface area contributed by atoms with Crippen molar-refractivity contribution in [1.82, 2.24) is 10.6 Å². The van der Waals surface area contributed by atoms with Crippen LogP contribution in [-0.2, 0) is 14.2 Å². The van der Waals surface area contributed by atoms with E-state index in [9.17, 15) is 0 Å². The molecule has 0 aromatic heterocycles. The van der Waals surface area contributed by atoms with Gasteiger partial charge in [-0.05, 0) is 37.5 Å². The summed E-state index contributed by atoms with van der Waals surface area (Å²) in [4.78, 5) is 4.22. The van der Waals surface area contributed by atoms with Crippen LogP contribution in [0.5, 0.6) is 0 Å². The topological polar surface area (TPSA) is 64.1 Å². The number of ether oxygens (including phenoxy) is 3. The average molecular weight is 471 g/mol. The highest BCUT2D eigenvalue weighted by atomic mass is 127. The maximum atomic E-state index is 5.76. The molecular formula is C18H38IN3O3. The van der Waals surface area contributed by atoms with Crippen molar-refractivity contribution < 1.29 is 14.2 Å². The number of guanidine groups is 1. The summed E-state index contributed by atoms with van der Waals surface area (Å²) < 4.78 is 16.7. The lowest BCUT2D eigenvalue weighted by molar-refractivity contribution is 0.0203. The van der Waals surface area contributed by atoms with E-state index in [1.54, 1.807) is 7.05 Å². The third kappa shape index (κ3) is 14.7. The first-order chi connectivity index (χ1) is 11.7. The summed E-state index contributed by atoms with van der Waals surface area (Å²) in [5.41, 5.74) is 0. The zero-order valence-corrected chi connectivity index (χ0v) is 18.6. The van der Waals surface area contributed by atoms with E-state index in [4.69, 9.17) is 14.2 Å². The first-order valence-electron chi connectivity index (χ1n) is 9.40. The second-order valence-corrected chi connectivity index (χ2v) is 6.73. The summed E-state index contributed by atoms with van der Waals surface area (Å²) in [5, 5.41) is 6.62. The summed E-state index contributed by atoms with van der Waals surface area (Å²) in [5.74, 6) is 2.13. The van der Waals surface area contributed by atoms with E-state index < -0.39 is 0 Å². The summed E-state index contributed by atoms with van der Waals surface area (Å²) in [6, 6.07) is 0. The zero-order chi connectivity index (χ0) is 17.5. The molecule has 0 radical (unpaired) electrons. The third-order valence-electron chi connectivity index (χ3n) is 3.89. The molecule has 150 valence electrons. The van der Waals surface area contributed by atoms with E-state index in [1.165, 1.54) is 0 Å². The van der Waals surface area contributed by atoms with E-state index in [2.05, 4.69) is 29.5 Å². The molecule has 25 heavy (non-hydrogen) atoms. The van der Waals surface area contributed by atoms with Gasteiger partial charge in [0.1, 0.15) is 0 Å². The first-order valence-corrected chi connectivity index (χ1v) is 9.40. The van der Waals surface area contributed by atoms with Crippen LogP contribution in [0.25, 0.3) is 0 Å². The van der Waals surface area contributed by atoms with Crippen LogP contribution in [0.3, 0.4) is 0 Å². The second kappa shape index (κ2) is 17.3. The zero-order valence-electron chi connectivity index (χ0n) is 16.2. The van der Waals surface area contributed by atoms with Crippen LogP contribution in [0.1, 0.15) is 39.5 Å². The highest BCUT2D eigenvalue weighted by Crippen LogP contribution is 2.14. The fourth-order valence-electron chi connectivity index (χ4n) is 2.46. The fourth-order valence-corrected chi connectivity index (χ4v) is 2.46. The van der Waals surface area contributed by atoms with Gasteiger partial charge in [-0.25, -0.2) is 0 Å². The molecule has 6 nitrogen and oxygen atoms in total. The number of aliphatic imine (C=N–C) groups is 1. The number of nitrogens with zero attached hydrogens (tertiary/aromatic N) is 1. The number of hydrogen-bond acceptors (Lipinski definition) is 4. The van der Waals surface area contributed by atoms with Gasteiger partial charge in [0.25, 0.3) is 0 Å². The van der Waals surface area contributed by atoms with Gasteiger partial charge in [0.2, 0.25) is 0 Å². The lowest BCUT2D eigenvalue weighted by Crippen LogP contribution is -2.38. The molecule has 0 aliphatic carbocycles. The Morgan fingerprint density at radius 2 is 1.68 bits per heavy atom. The van der Waals surface area contributed by atoms with Crippen LogP contribution in [0.2, 0.25) is 0 Å². The van der Waals surface area contributed by atoms with E-state index in [0.29, 0.717) is 11.8 Å². The standard InChI is InChI=1S/C18H37N3O3.HI/c1-16(2)14-23-10-4-8-20-18(19-3)21-9-5-11-24-15-17-6-12-22-13-7-17;/h16-17H,4-15H2,1-3H3,(H2,19,20,21);1H. The van der Waals surface area contributed by atoms with E-state index in [-0.39, 0.29) is 24.0 Å². The Balaban J connectivity index is 0.00000576. The number of rotatable bonds is 12. The Bertz CT molecular complexity index is 325. The maximum Gasteiger partial charge on any atom is 0.190 e. The molecular weight excluding hydrogens is 433 g/mol. The Hall–Kier alpha value is -0.120. The van der Waals surface area contributed by atoms with Crippen LogP contribution in [0, 0.1) is 11.8 Å². The molecule has 1 aliphatic heterocycles. The van der Waals surface area contributed by atoms with Gasteiger partial charge in [-0.1, -0.05) is 13.8 Å². The van der Waals surface area contributed by atoms with Crippen molar-refractivity contribution in [2.45, 2.75) is 39.5 Å². The highest BCUT2D eigenvalue weighted by Gasteiger charge is 2.13. The molecule has 1 saturated heterocycles. The quantitative estimate of drug-likeness (QED) is 0.198. The van der Waals surface area contributed by atoms with Crippen LogP contribution in [-0.4, -0.2) is 65.7 Å². The van der Waals surface area contributed by atoms with Gasteiger partial charge in [0.15, 0.2) is 5.96 Å². The molecule has 7 heteroatoms. The number of halogens is 1. The van der Waals surface area contributed by atoms with Crippen LogP contribution >= 0.6 is 24.0 Å². The summed E-state index contributed by atoms with van der Waals surface area (Å²) >= 11 is 0. The molecule has 0 aromatic rings. The van der Waals surface area contributed by atoms with Crippen molar-refractivity contribution in [2.75, 3.05) is 59.8 Å². The molecule has 1 heterocycles. The van der Waals surface area contributed by atoms with Gasteiger partial charge < -0.3 is 24.8 Å². The SMILES string of the molecule is CN=C(NCCCOCC(C)C)NCCCOCC1CCOCC1.I. The predicted molar refractivity (Wildman–Crippen MR) is 114 cm³/mol. The van der Waals surface area contributed by atoms with E-state index in [0.717, 1.165) is 84.4 Å². The molecule has 1 fully saturated rings. The molecule has 0 amide bonds. The van der Waals surface area contributed by atoms with Crippen LogP contribution < -0.4 is 10.6 Å². The van der Waals surface area contributed by atoms with Crippen LogP contribution in [0.4, 0.5) is 0 Å². The summed E-state index contributed by atoms with van der Waals surface area (Å²) in [6.07, 6.45) is 4.24. The van der Waals surface area contributed by atoms with Crippen molar-refractivity contribution in [3.05, 3.63) is 0 Å². The Morgan fingerprint density at radius 3 is 2.24 bits per heavy atom. The molecule has 0 unspecified atom stereocenters. The fraction of sp³-hybridized carbons (Fsp3) is 0.944. The van der Waals surface area contributed by atoms with Crippen molar-refractivity contribution in [3.8, 4) is 0 Å². The second-order valence-electron chi connectivity index (χ2n) is 6.73.